The third kappa shape index (κ3) is 3.69. The van der Waals surface area contributed by atoms with Gasteiger partial charge in [-0.3, -0.25) is 4.79 Å². The van der Waals surface area contributed by atoms with Gasteiger partial charge in [-0.1, -0.05) is 41.6 Å². The fourth-order valence-corrected chi connectivity index (χ4v) is 6.09. The maximum absolute atomic E-state index is 14.0. The molecular weight excluding hydrogens is 520 g/mol. The van der Waals surface area contributed by atoms with E-state index in [-0.39, 0.29) is 12.6 Å². The number of fused-ring (bicyclic) bond motifs is 3. The Balaban J connectivity index is 1.22. The summed E-state index contributed by atoms with van der Waals surface area (Å²) in [4.78, 5) is 18.6. The third-order valence-electron chi connectivity index (χ3n) is 8.08. The Hall–Kier alpha value is -5.18. The minimum atomic E-state index is -0.0583. The summed E-state index contributed by atoms with van der Waals surface area (Å²) in [7, 11) is 1.70. The van der Waals surface area contributed by atoms with Crippen LogP contribution in [0.5, 0.6) is 17.2 Å². The van der Waals surface area contributed by atoms with E-state index in [4.69, 9.17) is 18.7 Å². The van der Waals surface area contributed by atoms with Gasteiger partial charge in [0.25, 0.3) is 0 Å². The zero-order valence-electron chi connectivity index (χ0n) is 22.3. The number of ketones is 1. The average Bonchev–Trinajstić information content (AvgIpc) is 3.68. The monoisotopic (exact) mass is 546 g/mol. The normalized spacial score (nSPS) is 15.3. The number of para-hydroxylation sites is 2. The fraction of sp³-hybridized carbons (Fsp3) is 0.188. The smallest absolute Gasteiger partial charge is 0.231 e. The number of hydrogen-bond donors (Lipinski definition) is 1. The van der Waals surface area contributed by atoms with E-state index in [0.29, 0.717) is 39.6 Å². The molecule has 1 N–H and O–H groups in total. The van der Waals surface area contributed by atoms with Crippen molar-refractivity contribution in [2.45, 2.75) is 0 Å². The molecule has 2 aliphatic heterocycles. The van der Waals surface area contributed by atoms with Crippen LogP contribution >= 0.6 is 0 Å². The Morgan fingerprint density at radius 2 is 1.56 bits per heavy atom. The van der Waals surface area contributed by atoms with Crippen LogP contribution in [0.4, 0.5) is 22.7 Å². The number of piperazine rings is 1. The molecule has 0 bridgehead atoms. The van der Waals surface area contributed by atoms with E-state index in [0.717, 1.165) is 59.9 Å². The molecule has 0 atom stereocenters. The molecule has 41 heavy (non-hydrogen) atoms. The highest BCUT2D eigenvalue weighted by Gasteiger charge is 2.34. The molecule has 1 fully saturated rings. The Bertz CT molecular complexity index is 1840. The molecule has 4 aromatic carbocycles. The largest absolute Gasteiger partial charge is 0.495 e. The highest BCUT2D eigenvalue weighted by atomic mass is 16.7. The molecule has 0 amide bonds. The van der Waals surface area contributed by atoms with Gasteiger partial charge in [0.05, 0.1) is 35.1 Å². The first-order valence-corrected chi connectivity index (χ1v) is 13.6. The van der Waals surface area contributed by atoms with Gasteiger partial charge in [-0.25, -0.2) is 0 Å². The SMILES string of the molecule is COc1ccccc1N1CCN(c2cc(Nc3ccc4c(c3)OCO4)c3c4c(onc24)-c2ccccc2C3=O)CC1. The molecule has 5 aromatic rings. The number of rotatable bonds is 5. The standard InChI is InChI=1S/C32H26N4O5/c1-38-25-9-5-4-8-23(25)35-12-14-36(15-13-35)24-17-22(33-19-10-11-26-27(16-19)40-18-39-26)28-29-30(24)34-41-32(29)21-7-3-2-6-20(21)31(28)37/h2-11,16-17,33H,12-15,18H2,1H3. The van der Waals surface area contributed by atoms with Gasteiger partial charge in [0.15, 0.2) is 23.0 Å². The lowest BCUT2D eigenvalue weighted by Gasteiger charge is -2.38. The predicted molar refractivity (Wildman–Crippen MR) is 156 cm³/mol. The molecule has 9 nitrogen and oxygen atoms in total. The van der Waals surface area contributed by atoms with Crippen LogP contribution in [0.15, 0.2) is 77.3 Å². The number of nitrogens with one attached hydrogen (secondary N) is 1. The Morgan fingerprint density at radius 1 is 0.829 bits per heavy atom. The number of nitrogens with zero attached hydrogens (tertiary/aromatic N) is 3. The maximum Gasteiger partial charge on any atom is 0.231 e. The van der Waals surface area contributed by atoms with Crippen molar-refractivity contribution in [3.05, 3.63) is 83.9 Å². The second-order valence-corrected chi connectivity index (χ2v) is 10.3. The predicted octanol–water partition coefficient (Wildman–Crippen LogP) is 5.85. The van der Waals surface area contributed by atoms with Crippen LogP contribution in [-0.2, 0) is 0 Å². The molecule has 0 radical (unpaired) electrons. The summed E-state index contributed by atoms with van der Waals surface area (Å²) in [6.45, 7) is 3.34. The molecular formula is C32H26N4O5. The van der Waals surface area contributed by atoms with Gasteiger partial charge in [-0.15, -0.1) is 0 Å². The van der Waals surface area contributed by atoms with Crippen LogP contribution < -0.4 is 29.3 Å². The Kier molecular flexibility index (Phi) is 5.31. The van der Waals surface area contributed by atoms with Gasteiger partial charge >= 0.3 is 0 Å². The van der Waals surface area contributed by atoms with Crippen molar-refractivity contribution in [2.75, 3.05) is 55.2 Å². The number of benzene rings is 4. The van der Waals surface area contributed by atoms with Gasteiger partial charge in [-0.2, -0.15) is 0 Å². The van der Waals surface area contributed by atoms with E-state index in [1.807, 2.05) is 66.7 Å². The first-order chi connectivity index (χ1) is 20.2. The third-order valence-corrected chi connectivity index (χ3v) is 8.08. The summed E-state index contributed by atoms with van der Waals surface area (Å²) >= 11 is 0. The van der Waals surface area contributed by atoms with Crippen molar-refractivity contribution in [1.29, 1.82) is 0 Å². The van der Waals surface area contributed by atoms with Gasteiger partial charge in [-0.05, 0) is 30.3 Å². The first-order valence-electron chi connectivity index (χ1n) is 13.6. The zero-order chi connectivity index (χ0) is 27.5. The number of carbonyl (C=O) groups is 1. The minimum absolute atomic E-state index is 0.0583. The van der Waals surface area contributed by atoms with Crippen molar-refractivity contribution in [3.8, 4) is 28.6 Å². The van der Waals surface area contributed by atoms with E-state index in [1.165, 1.54) is 0 Å². The van der Waals surface area contributed by atoms with E-state index in [9.17, 15) is 4.79 Å². The van der Waals surface area contributed by atoms with Gasteiger partial charge in [0, 0.05) is 49.1 Å². The highest BCUT2D eigenvalue weighted by Crippen LogP contribution is 2.47. The van der Waals surface area contributed by atoms with Gasteiger partial charge in [0.2, 0.25) is 6.79 Å². The zero-order valence-corrected chi connectivity index (χ0v) is 22.3. The lowest BCUT2D eigenvalue weighted by molar-refractivity contribution is 0.104. The Morgan fingerprint density at radius 3 is 2.39 bits per heavy atom. The van der Waals surface area contributed by atoms with E-state index in [2.05, 4.69) is 26.3 Å². The summed E-state index contributed by atoms with van der Waals surface area (Å²) in [6.07, 6.45) is 0. The van der Waals surface area contributed by atoms with Crippen LogP contribution in [0.3, 0.4) is 0 Å². The molecule has 3 aliphatic rings. The van der Waals surface area contributed by atoms with E-state index < -0.39 is 0 Å². The van der Waals surface area contributed by atoms with Gasteiger partial charge in [0.1, 0.15) is 11.3 Å². The molecule has 0 unspecified atom stereocenters. The summed E-state index contributed by atoms with van der Waals surface area (Å²) in [5.41, 5.74) is 6.12. The van der Waals surface area contributed by atoms with Crippen LogP contribution in [-0.4, -0.2) is 51.0 Å². The van der Waals surface area contributed by atoms with Crippen LogP contribution in [0.2, 0.25) is 0 Å². The topological polar surface area (TPSA) is 89.3 Å². The fourth-order valence-electron chi connectivity index (χ4n) is 6.09. The second-order valence-electron chi connectivity index (χ2n) is 10.3. The summed E-state index contributed by atoms with van der Waals surface area (Å²) in [5, 5.41) is 8.78. The van der Waals surface area contributed by atoms with Crippen molar-refractivity contribution in [1.82, 2.24) is 5.16 Å². The molecule has 0 saturated carbocycles. The Labute approximate surface area is 235 Å². The lowest BCUT2D eigenvalue weighted by atomic mass is 9.86. The first kappa shape index (κ1) is 23.7. The number of anilines is 4. The maximum atomic E-state index is 14.0. The van der Waals surface area contributed by atoms with Gasteiger partial charge < -0.3 is 33.9 Å². The number of carbonyl (C=O) groups excluding carboxylic acids is 1. The number of methoxy groups -OCH3 is 1. The molecule has 1 aliphatic carbocycles. The quantitative estimate of drug-likeness (QED) is 0.286. The number of aromatic nitrogens is 1. The van der Waals surface area contributed by atoms with E-state index >= 15 is 0 Å². The minimum Gasteiger partial charge on any atom is -0.495 e. The summed E-state index contributed by atoms with van der Waals surface area (Å²) in [5.74, 6) is 2.79. The average molecular weight is 547 g/mol. The van der Waals surface area contributed by atoms with Crippen molar-refractivity contribution >= 4 is 39.4 Å². The summed E-state index contributed by atoms with van der Waals surface area (Å²) < 4.78 is 22.7. The molecule has 0 spiro atoms. The number of ether oxygens (including phenoxy) is 3. The highest BCUT2D eigenvalue weighted by molar-refractivity contribution is 6.28. The molecule has 1 saturated heterocycles. The molecule has 8 rings (SSSR count). The van der Waals surface area contributed by atoms with Crippen molar-refractivity contribution in [3.63, 3.8) is 0 Å². The summed E-state index contributed by atoms with van der Waals surface area (Å²) in [6, 6.07) is 23.3. The molecule has 9 heteroatoms. The molecule has 1 aromatic heterocycles. The van der Waals surface area contributed by atoms with E-state index in [1.54, 1.807) is 7.11 Å². The van der Waals surface area contributed by atoms with Crippen LogP contribution in [0.1, 0.15) is 15.9 Å². The van der Waals surface area contributed by atoms with Crippen molar-refractivity contribution < 1.29 is 23.5 Å². The lowest BCUT2D eigenvalue weighted by Crippen LogP contribution is -2.46. The number of hydrogen-bond acceptors (Lipinski definition) is 9. The molecule has 204 valence electrons. The van der Waals surface area contributed by atoms with Crippen LogP contribution in [0.25, 0.3) is 22.2 Å². The van der Waals surface area contributed by atoms with Crippen molar-refractivity contribution in [2.24, 2.45) is 0 Å². The second kappa shape index (κ2) is 9.19. The van der Waals surface area contributed by atoms with Crippen LogP contribution in [0, 0.1) is 0 Å². The molecule has 3 heterocycles.